The van der Waals surface area contributed by atoms with Crippen molar-refractivity contribution in [2.45, 2.75) is 17.7 Å². The van der Waals surface area contributed by atoms with Gasteiger partial charge in [-0.2, -0.15) is 0 Å². The first-order chi connectivity index (χ1) is 7.95. The molecule has 7 heteroatoms. The molecule has 0 fully saturated rings. The van der Waals surface area contributed by atoms with Crippen molar-refractivity contribution in [3.05, 3.63) is 40.0 Å². The normalized spacial score (nSPS) is 15.3. The second kappa shape index (κ2) is 3.84. The maximum Gasteiger partial charge on any atom is 0.403 e. The first-order valence-corrected chi connectivity index (χ1v) is 6.21. The van der Waals surface area contributed by atoms with Crippen molar-refractivity contribution in [2.24, 2.45) is 0 Å². The van der Waals surface area contributed by atoms with E-state index >= 15 is 0 Å². The summed E-state index contributed by atoms with van der Waals surface area (Å²) in [4.78, 5) is 2.59. The highest BCUT2D eigenvalue weighted by molar-refractivity contribution is 7.85. The lowest BCUT2D eigenvalue weighted by Gasteiger charge is -2.17. The van der Waals surface area contributed by atoms with Crippen LogP contribution >= 0.6 is 0 Å². The SMILES string of the molecule is N#[N+]C1=C(O)c2cccc(S(=O)(=O)[O-])c2CC1. The maximum atomic E-state index is 11.0. The zero-order valence-corrected chi connectivity index (χ0v) is 9.44. The van der Waals surface area contributed by atoms with Crippen LogP contribution in [0.4, 0.5) is 0 Å². The van der Waals surface area contributed by atoms with E-state index < -0.39 is 10.1 Å². The summed E-state index contributed by atoms with van der Waals surface area (Å²) in [5.41, 5.74) is 0.575. The van der Waals surface area contributed by atoms with Crippen LogP contribution in [0.15, 0.2) is 28.8 Å². The van der Waals surface area contributed by atoms with Crippen molar-refractivity contribution in [2.75, 3.05) is 0 Å². The zero-order chi connectivity index (χ0) is 12.6. The third-order valence-corrected chi connectivity index (χ3v) is 3.58. The van der Waals surface area contributed by atoms with Gasteiger partial charge in [-0.1, -0.05) is 12.1 Å². The highest BCUT2D eigenvalue weighted by Crippen LogP contribution is 2.33. The van der Waals surface area contributed by atoms with Crippen molar-refractivity contribution in [3.63, 3.8) is 0 Å². The molecule has 0 unspecified atom stereocenters. The molecule has 0 heterocycles. The molecule has 0 radical (unpaired) electrons. The average molecular weight is 252 g/mol. The van der Waals surface area contributed by atoms with Gasteiger partial charge in [-0.15, -0.1) is 0 Å². The second-order valence-electron chi connectivity index (χ2n) is 3.63. The number of allylic oxidation sites excluding steroid dienone is 1. The summed E-state index contributed by atoms with van der Waals surface area (Å²) in [7, 11) is -4.57. The third-order valence-electron chi connectivity index (χ3n) is 2.66. The van der Waals surface area contributed by atoms with Gasteiger partial charge in [0.05, 0.1) is 11.3 Å². The minimum Gasteiger partial charge on any atom is -0.744 e. The first kappa shape index (κ1) is 11.6. The van der Waals surface area contributed by atoms with Crippen molar-refractivity contribution < 1.29 is 18.1 Å². The lowest BCUT2D eigenvalue weighted by molar-refractivity contribution is 0.461. The number of benzene rings is 1. The third kappa shape index (κ3) is 1.88. The zero-order valence-electron chi connectivity index (χ0n) is 8.62. The summed E-state index contributed by atoms with van der Waals surface area (Å²) in [6.07, 6.45) is 0.415. The Hall–Kier alpha value is -1.91. The monoisotopic (exact) mass is 252 g/mol. The smallest absolute Gasteiger partial charge is 0.403 e. The van der Waals surface area contributed by atoms with Gasteiger partial charge in [0.2, 0.25) is 11.2 Å². The van der Waals surface area contributed by atoms with E-state index in [1.165, 1.54) is 18.2 Å². The molecule has 0 aromatic heterocycles. The number of nitrogens with zero attached hydrogens (tertiary/aromatic N) is 2. The van der Waals surface area contributed by atoms with Crippen LogP contribution in [-0.4, -0.2) is 18.1 Å². The van der Waals surface area contributed by atoms with E-state index in [1.807, 2.05) is 0 Å². The maximum absolute atomic E-state index is 11.0. The molecular formula is C10H8N2O4S. The summed E-state index contributed by atoms with van der Waals surface area (Å²) in [5.74, 6) is -0.292. The molecular weight excluding hydrogens is 244 g/mol. The number of aliphatic hydroxyl groups is 1. The molecule has 1 N–H and O–H groups in total. The van der Waals surface area contributed by atoms with E-state index in [0.717, 1.165) is 0 Å². The number of rotatable bonds is 1. The fraction of sp³-hybridized carbons (Fsp3) is 0.200. The summed E-state index contributed by atoms with van der Waals surface area (Å²) >= 11 is 0. The first-order valence-electron chi connectivity index (χ1n) is 4.80. The van der Waals surface area contributed by atoms with Gasteiger partial charge in [0.1, 0.15) is 10.1 Å². The van der Waals surface area contributed by atoms with Gasteiger partial charge in [-0.25, -0.2) is 8.42 Å². The predicted octanol–water partition coefficient (Wildman–Crippen LogP) is 1.62. The molecule has 1 aromatic rings. The quantitative estimate of drug-likeness (QED) is 0.603. The lowest BCUT2D eigenvalue weighted by Crippen LogP contribution is -2.10. The largest absolute Gasteiger partial charge is 0.744 e. The summed E-state index contributed by atoms with van der Waals surface area (Å²) in [6, 6.07) is 4.04. The molecule has 0 saturated heterocycles. The molecule has 0 bridgehead atoms. The Morgan fingerprint density at radius 3 is 2.65 bits per heavy atom. The van der Waals surface area contributed by atoms with Gasteiger partial charge in [0, 0.05) is 5.56 Å². The van der Waals surface area contributed by atoms with Gasteiger partial charge in [-0.3, -0.25) is 0 Å². The minimum atomic E-state index is -4.57. The number of aliphatic hydroxyl groups excluding tert-OH is 1. The highest BCUT2D eigenvalue weighted by atomic mass is 32.2. The Labute approximate surface area is 97.6 Å². The molecule has 88 valence electrons. The number of diazo groups is 1. The van der Waals surface area contributed by atoms with Crippen molar-refractivity contribution in [1.29, 1.82) is 5.39 Å². The van der Waals surface area contributed by atoms with Gasteiger partial charge < -0.3 is 9.66 Å². The topological polar surface area (TPSA) is 106 Å². The Kier molecular flexibility index (Phi) is 2.61. The summed E-state index contributed by atoms with van der Waals surface area (Å²) in [5, 5.41) is 18.4. The van der Waals surface area contributed by atoms with Crippen LogP contribution in [-0.2, 0) is 16.5 Å². The summed E-state index contributed by atoms with van der Waals surface area (Å²) < 4.78 is 33.1. The summed E-state index contributed by atoms with van der Waals surface area (Å²) in [6.45, 7) is 0. The van der Waals surface area contributed by atoms with Gasteiger partial charge >= 0.3 is 5.70 Å². The molecule has 1 aliphatic rings. The van der Waals surface area contributed by atoms with E-state index in [0.29, 0.717) is 0 Å². The van der Waals surface area contributed by atoms with E-state index in [1.54, 1.807) is 0 Å². The fourth-order valence-electron chi connectivity index (χ4n) is 1.89. The standard InChI is InChI=1S/C10H8N2O4S/c11-12-8-5-4-6-7(10(8)13)2-1-3-9(6)17(14,15)16/h1-3H,4-5H2,(H-,13,14,15,16). The molecule has 6 nitrogen and oxygen atoms in total. The molecule has 0 spiro atoms. The Morgan fingerprint density at radius 1 is 1.35 bits per heavy atom. The molecule has 0 saturated carbocycles. The Bertz CT molecular complexity index is 655. The van der Waals surface area contributed by atoms with E-state index in [9.17, 15) is 18.1 Å². The molecule has 1 aliphatic carbocycles. The van der Waals surface area contributed by atoms with Crippen molar-refractivity contribution in [3.8, 4) is 0 Å². The van der Waals surface area contributed by atoms with Crippen molar-refractivity contribution >= 4 is 15.9 Å². The minimum absolute atomic E-state index is 0.0814. The molecule has 0 aliphatic heterocycles. The molecule has 2 rings (SSSR count). The van der Waals surface area contributed by atoms with Gasteiger partial charge in [0.25, 0.3) is 0 Å². The number of fused-ring (bicyclic) bond motifs is 1. The van der Waals surface area contributed by atoms with Crippen LogP contribution in [0.5, 0.6) is 0 Å². The molecule has 0 amide bonds. The number of hydrogen-bond acceptors (Lipinski definition) is 5. The van der Waals surface area contributed by atoms with E-state index in [-0.39, 0.29) is 40.3 Å². The Morgan fingerprint density at radius 2 is 2.06 bits per heavy atom. The van der Waals surface area contributed by atoms with Crippen LogP contribution in [0.3, 0.4) is 0 Å². The number of hydrogen-bond donors (Lipinski definition) is 1. The van der Waals surface area contributed by atoms with Gasteiger partial charge in [-0.05, 0) is 18.1 Å². The Balaban J connectivity index is 2.74. The van der Waals surface area contributed by atoms with Crippen LogP contribution in [0.25, 0.3) is 10.7 Å². The lowest BCUT2D eigenvalue weighted by atomic mass is 9.94. The van der Waals surface area contributed by atoms with Crippen LogP contribution in [0, 0.1) is 5.39 Å². The fourth-order valence-corrected chi connectivity index (χ4v) is 2.65. The molecule has 1 aromatic carbocycles. The average Bonchev–Trinajstić information content (AvgIpc) is 2.28. The van der Waals surface area contributed by atoms with Gasteiger partial charge in [0.15, 0.2) is 4.98 Å². The van der Waals surface area contributed by atoms with Crippen molar-refractivity contribution in [1.82, 2.24) is 0 Å². The van der Waals surface area contributed by atoms with Crippen LogP contribution in [0.2, 0.25) is 0 Å². The highest BCUT2D eigenvalue weighted by Gasteiger charge is 2.29. The van der Waals surface area contributed by atoms with Crippen LogP contribution in [0.1, 0.15) is 17.5 Å². The van der Waals surface area contributed by atoms with E-state index in [4.69, 9.17) is 5.39 Å². The second-order valence-corrected chi connectivity index (χ2v) is 4.98. The molecule has 0 atom stereocenters. The van der Waals surface area contributed by atoms with E-state index in [2.05, 4.69) is 4.98 Å². The van der Waals surface area contributed by atoms with Crippen LogP contribution < -0.4 is 0 Å². The molecule has 17 heavy (non-hydrogen) atoms. The predicted molar refractivity (Wildman–Crippen MR) is 57.4 cm³/mol.